The molecule has 3 N–H and O–H groups in total. The maximum atomic E-state index is 11.8. The van der Waals surface area contributed by atoms with Crippen LogP contribution >= 0.6 is 15.9 Å². The molecule has 2 aromatic rings. The van der Waals surface area contributed by atoms with Crippen molar-refractivity contribution in [3.8, 4) is 0 Å². The number of hydrogen-bond donors (Lipinski definition) is 2. The number of pyridine rings is 1. The molecule has 2 rings (SSSR count). The fraction of sp³-hybridized carbons (Fsp3) is 0.0909. The minimum absolute atomic E-state index is 0.0824. The van der Waals surface area contributed by atoms with E-state index < -0.39 is 5.97 Å². The molecule has 0 atom stereocenters. The van der Waals surface area contributed by atoms with Crippen molar-refractivity contribution in [2.24, 2.45) is 0 Å². The number of aromatic nitrogens is 1. The highest BCUT2D eigenvalue weighted by molar-refractivity contribution is 9.10. The van der Waals surface area contributed by atoms with Gasteiger partial charge in [-0.3, -0.25) is 4.79 Å². The molecule has 0 unspecified atom stereocenters. The van der Waals surface area contributed by atoms with E-state index in [1.807, 2.05) is 0 Å². The fourth-order valence-electron chi connectivity index (χ4n) is 1.56. The molecule has 0 saturated carbocycles. The van der Waals surface area contributed by atoms with E-state index in [9.17, 15) is 9.59 Å². The number of ether oxygens (including phenoxy) is 1. The zero-order valence-electron chi connectivity index (χ0n) is 8.91. The number of anilines is 1. The molecule has 17 heavy (non-hydrogen) atoms. The molecule has 0 fully saturated rings. The van der Waals surface area contributed by atoms with Gasteiger partial charge in [0, 0.05) is 15.9 Å². The summed E-state index contributed by atoms with van der Waals surface area (Å²) in [6, 6.07) is 4.49. The summed E-state index contributed by atoms with van der Waals surface area (Å²) in [5.74, 6) is -0.605. The molecule has 0 amide bonds. The van der Waals surface area contributed by atoms with Crippen molar-refractivity contribution in [1.82, 2.24) is 4.98 Å². The van der Waals surface area contributed by atoms with Crippen molar-refractivity contribution < 1.29 is 9.53 Å². The normalized spacial score (nSPS) is 10.5. The number of halogens is 1. The summed E-state index contributed by atoms with van der Waals surface area (Å²) >= 11 is 3.25. The first-order chi connectivity index (χ1) is 8.02. The Morgan fingerprint density at radius 3 is 2.76 bits per heavy atom. The number of aromatic amines is 1. The van der Waals surface area contributed by atoms with Gasteiger partial charge in [0.05, 0.1) is 18.3 Å². The second-order valence-corrected chi connectivity index (χ2v) is 4.37. The Morgan fingerprint density at radius 1 is 1.41 bits per heavy atom. The molecule has 0 saturated heterocycles. The lowest BCUT2D eigenvalue weighted by Gasteiger charge is -2.05. The zero-order valence-corrected chi connectivity index (χ0v) is 10.5. The number of rotatable bonds is 1. The molecule has 0 radical (unpaired) electrons. The van der Waals surface area contributed by atoms with E-state index in [-0.39, 0.29) is 11.1 Å². The molecule has 5 nitrogen and oxygen atoms in total. The Morgan fingerprint density at radius 2 is 2.12 bits per heavy atom. The first kappa shape index (κ1) is 11.7. The summed E-state index contributed by atoms with van der Waals surface area (Å²) in [4.78, 5) is 26.0. The minimum atomic E-state index is -0.605. The molecular formula is C11H9BrN2O3. The molecule has 1 aromatic carbocycles. The second kappa shape index (κ2) is 4.21. The van der Waals surface area contributed by atoms with E-state index in [2.05, 4.69) is 25.7 Å². The van der Waals surface area contributed by atoms with Crippen molar-refractivity contribution in [3.05, 3.63) is 38.6 Å². The number of esters is 1. The average Bonchev–Trinajstić information content (AvgIpc) is 2.29. The van der Waals surface area contributed by atoms with E-state index in [1.165, 1.54) is 13.2 Å². The lowest BCUT2D eigenvalue weighted by molar-refractivity contribution is 0.0594. The van der Waals surface area contributed by atoms with E-state index in [0.717, 1.165) is 0 Å². The van der Waals surface area contributed by atoms with Gasteiger partial charge in [-0.25, -0.2) is 4.79 Å². The quantitative estimate of drug-likeness (QED) is 0.619. The molecular weight excluding hydrogens is 288 g/mol. The van der Waals surface area contributed by atoms with Crippen molar-refractivity contribution in [3.63, 3.8) is 0 Å². The van der Waals surface area contributed by atoms with Crippen LogP contribution in [0.5, 0.6) is 0 Å². The molecule has 88 valence electrons. The number of nitrogens with two attached hydrogens (primary N) is 1. The van der Waals surface area contributed by atoms with Gasteiger partial charge in [0.2, 0.25) is 0 Å². The van der Waals surface area contributed by atoms with E-state index in [4.69, 9.17) is 5.73 Å². The third kappa shape index (κ3) is 2.03. The van der Waals surface area contributed by atoms with Gasteiger partial charge in [-0.05, 0) is 12.1 Å². The van der Waals surface area contributed by atoms with E-state index >= 15 is 0 Å². The molecule has 1 aromatic heterocycles. The van der Waals surface area contributed by atoms with Crippen LogP contribution in [0.2, 0.25) is 0 Å². The van der Waals surface area contributed by atoms with Crippen LogP contribution in [0.4, 0.5) is 5.69 Å². The molecule has 0 spiro atoms. The summed E-state index contributed by atoms with van der Waals surface area (Å²) in [5, 5.41) is 0.421. The topological polar surface area (TPSA) is 85.2 Å². The Bertz CT molecular complexity index is 664. The monoisotopic (exact) mass is 296 g/mol. The number of nitrogen functional groups attached to an aromatic ring is 1. The van der Waals surface area contributed by atoms with E-state index in [1.54, 1.807) is 12.1 Å². The lowest BCUT2D eigenvalue weighted by atomic mass is 10.1. The van der Waals surface area contributed by atoms with Crippen LogP contribution in [-0.4, -0.2) is 18.1 Å². The fourth-order valence-corrected chi connectivity index (χ4v) is 2.04. The highest BCUT2D eigenvalue weighted by atomic mass is 79.9. The lowest BCUT2D eigenvalue weighted by Crippen LogP contribution is -2.12. The summed E-state index contributed by atoms with van der Waals surface area (Å²) in [5.41, 5.74) is 6.40. The summed E-state index contributed by atoms with van der Waals surface area (Å²) in [6.45, 7) is 0. The summed E-state index contributed by atoms with van der Waals surface area (Å²) < 4.78 is 5.25. The smallest absolute Gasteiger partial charge is 0.354 e. The number of hydrogen-bond acceptors (Lipinski definition) is 4. The van der Waals surface area contributed by atoms with Crippen molar-refractivity contribution in [2.75, 3.05) is 12.8 Å². The predicted octanol–water partition coefficient (Wildman–Crippen LogP) is 1.66. The number of carbonyl (C=O) groups is 1. The van der Waals surface area contributed by atoms with Crippen molar-refractivity contribution >= 4 is 38.5 Å². The van der Waals surface area contributed by atoms with Crippen LogP contribution in [0.3, 0.4) is 0 Å². The van der Waals surface area contributed by atoms with Crippen LogP contribution < -0.4 is 11.2 Å². The summed E-state index contributed by atoms with van der Waals surface area (Å²) in [6.07, 6.45) is 0. The first-order valence-corrected chi connectivity index (χ1v) is 5.52. The summed E-state index contributed by atoms with van der Waals surface area (Å²) in [7, 11) is 1.25. The Kier molecular flexibility index (Phi) is 2.89. The van der Waals surface area contributed by atoms with Gasteiger partial charge in [0.25, 0.3) is 0 Å². The number of benzene rings is 1. The number of carbonyl (C=O) groups excluding carboxylic acids is 1. The Labute approximate surface area is 105 Å². The number of fused-ring (bicyclic) bond motifs is 1. The maximum Gasteiger partial charge on any atom is 0.354 e. The minimum Gasteiger partial charge on any atom is -0.464 e. The van der Waals surface area contributed by atoms with Gasteiger partial charge in [-0.1, -0.05) is 15.9 Å². The van der Waals surface area contributed by atoms with Crippen LogP contribution in [0.15, 0.2) is 27.5 Å². The van der Waals surface area contributed by atoms with Crippen LogP contribution in [0, 0.1) is 0 Å². The SMILES string of the molecule is COC(=O)c1cc(=O)c2cc(Br)cc(N)c2[nH]1. The van der Waals surface area contributed by atoms with Crippen LogP contribution in [0.25, 0.3) is 10.9 Å². The molecule has 0 aliphatic heterocycles. The first-order valence-electron chi connectivity index (χ1n) is 4.73. The van der Waals surface area contributed by atoms with Gasteiger partial charge in [-0.15, -0.1) is 0 Å². The largest absolute Gasteiger partial charge is 0.464 e. The highest BCUT2D eigenvalue weighted by Crippen LogP contribution is 2.22. The zero-order chi connectivity index (χ0) is 12.6. The Hall–Kier alpha value is -1.82. The highest BCUT2D eigenvalue weighted by Gasteiger charge is 2.11. The third-order valence-electron chi connectivity index (χ3n) is 2.34. The number of nitrogens with one attached hydrogen (secondary N) is 1. The molecule has 0 aliphatic carbocycles. The molecule has 0 bridgehead atoms. The molecule has 0 aliphatic rings. The Balaban J connectivity index is 2.82. The van der Waals surface area contributed by atoms with Crippen LogP contribution in [-0.2, 0) is 4.74 Å². The van der Waals surface area contributed by atoms with Gasteiger partial charge < -0.3 is 15.5 Å². The van der Waals surface area contributed by atoms with Gasteiger partial charge in [0.1, 0.15) is 5.69 Å². The van der Waals surface area contributed by atoms with Gasteiger partial charge in [0.15, 0.2) is 5.43 Å². The number of H-pyrrole nitrogens is 1. The second-order valence-electron chi connectivity index (χ2n) is 3.46. The van der Waals surface area contributed by atoms with Crippen molar-refractivity contribution in [1.29, 1.82) is 0 Å². The third-order valence-corrected chi connectivity index (χ3v) is 2.80. The van der Waals surface area contributed by atoms with Gasteiger partial charge >= 0.3 is 5.97 Å². The van der Waals surface area contributed by atoms with E-state index in [0.29, 0.717) is 21.1 Å². The molecule has 6 heteroatoms. The number of methoxy groups -OCH3 is 1. The van der Waals surface area contributed by atoms with Crippen molar-refractivity contribution in [2.45, 2.75) is 0 Å². The molecule has 1 heterocycles. The van der Waals surface area contributed by atoms with Gasteiger partial charge in [-0.2, -0.15) is 0 Å². The predicted molar refractivity (Wildman–Crippen MR) is 68.0 cm³/mol. The standard InChI is InChI=1S/C11H9BrN2O3/c1-17-11(16)8-4-9(15)6-2-5(12)3-7(13)10(6)14-8/h2-4H,13H2,1H3,(H,14,15). The maximum absolute atomic E-state index is 11.8. The van der Waals surface area contributed by atoms with Crippen LogP contribution in [0.1, 0.15) is 10.5 Å². The average molecular weight is 297 g/mol.